The highest BCUT2D eigenvalue weighted by Gasteiger charge is 2.24. The molecule has 0 saturated heterocycles. The van der Waals surface area contributed by atoms with Gasteiger partial charge in [0.1, 0.15) is 17.1 Å². The van der Waals surface area contributed by atoms with Crippen molar-refractivity contribution in [1.82, 2.24) is 4.98 Å². The van der Waals surface area contributed by atoms with E-state index in [4.69, 9.17) is 4.42 Å². The van der Waals surface area contributed by atoms with Crippen LogP contribution in [0.2, 0.25) is 0 Å². The van der Waals surface area contributed by atoms with Crippen molar-refractivity contribution in [3.05, 3.63) is 83.1 Å². The van der Waals surface area contributed by atoms with E-state index in [1.165, 1.54) is 35.0 Å². The normalized spacial score (nSPS) is 13.4. The predicted octanol–water partition coefficient (Wildman–Crippen LogP) is 5.75. The number of carbonyl (C=O) groups excluding carboxylic acids is 1. The molecule has 1 aliphatic carbocycles. The van der Waals surface area contributed by atoms with Crippen molar-refractivity contribution in [2.24, 2.45) is 0 Å². The maximum absolute atomic E-state index is 14.2. The minimum Gasteiger partial charge on any atom is -0.467 e. The lowest BCUT2D eigenvalue weighted by Gasteiger charge is -2.21. The van der Waals surface area contributed by atoms with Gasteiger partial charge >= 0.3 is 0 Å². The third-order valence-electron chi connectivity index (χ3n) is 5.32. The molecule has 1 amide bonds. The molecule has 2 aromatic carbocycles. The van der Waals surface area contributed by atoms with Crippen molar-refractivity contribution >= 4 is 32.6 Å². The minimum absolute atomic E-state index is 0.158. The second-order valence-electron chi connectivity index (χ2n) is 7.24. The fourth-order valence-corrected chi connectivity index (χ4v) is 4.80. The van der Waals surface area contributed by atoms with Gasteiger partial charge in [0.25, 0.3) is 5.91 Å². The first kappa shape index (κ1) is 18.1. The molecule has 2 heterocycles. The zero-order chi connectivity index (χ0) is 19.8. The van der Waals surface area contributed by atoms with E-state index in [-0.39, 0.29) is 23.8 Å². The minimum atomic E-state index is -0.385. The third-order valence-corrected chi connectivity index (χ3v) is 6.37. The van der Waals surface area contributed by atoms with Crippen LogP contribution in [0, 0.1) is 5.82 Å². The zero-order valence-electron chi connectivity index (χ0n) is 15.7. The molecule has 29 heavy (non-hydrogen) atoms. The summed E-state index contributed by atoms with van der Waals surface area (Å²) in [5, 5.41) is 0.462. The van der Waals surface area contributed by atoms with Gasteiger partial charge in [-0.2, -0.15) is 0 Å². The largest absolute Gasteiger partial charge is 0.467 e. The summed E-state index contributed by atoms with van der Waals surface area (Å²) in [5.74, 6) is 0.106. The first-order valence-corrected chi connectivity index (χ1v) is 10.5. The van der Waals surface area contributed by atoms with Gasteiger partial charge in [0.2, 0.25) is 0 Å². The number of carbonyl (C=O) groups is 1. The maximum atomic E-state index is 14.2. The van der Waals surface area contributed by atoms with Crippen molar-refractivity contribution in [3.63, 3.8) is 0 Å². The fourth-order valence-electron chi connectivity index (χ4n) is 3.83. The molecule has 0 unspecified atom stereocenters. The van der Waals surface area contributed by atoms with Gasteiger partial charge in [0.05, 0.1) is 17.5 Å². The smallest absolute Gasteiger partial charge is 0.260 e. The van der Waals surface area contributed by atoms with Gasteiger partial charge in [0, 0.05) is 5.56 Å². The van der Waals surface area contributed by atoms with Gasteiger partial charge in [-0.05, 0) is 73.2 Å². The van der Waals surface area contributed by atoms with E-state index in [2.05, 4.69) is 11.1 Å². The van der Waals surface area contributed by atoms with E-state index in [1.807, 2.05) is 24.3 Å². The van der Waals surface area contributed by atoms with E-state index in [9.17, 15) is 9.18 Å². The van der Waals surface area contributed by atoms with Gasteiger partial charge in [-0.3, -0.25) is 9.69 Å². The molecule has 4 aromatic rings. The van der Waals surface area contributed by atoms with Crippen molar-refractivity contribution in [2.45, 2.75) is 32.2 Å². The first-order valence-electron chi connectivity index (χ1n) is 9.70. The number of hydrogen-bond donors (Lipinski definition) is 0. The number of amides is 1. The number of rotatable bonds is 4. The van der Waals surface area contributed by atoms with Crippen LogP contribution in [0.3, 0.4) is 0 Å². The van der Waals surface area contributed by atoms with Crippen molar-refractivity contribution in [1.29, 1.82) is 0 Å². The highest BCUT2D eigenvalue weighted by Crippen LogP contribution is 2.32. The van der Waals surface area contributed by atoms with Crippen molar-refractivity contribution < 1.29 is 13.6 Å². The third kappa shape index (κ3) is 3.44. The summed E-state index contributed by atoms with van der Waals surface area (Å²) in [7, 11) is 0. The number of para-hydroxylation sites is 1. The molecular formula is C23H19FN2O2S. The molecule has 0 fully saturated rings. The molecular weight excluding hydrogens is 387 g/mol. The summed E-state index contributed by atoms with van der Waals surface area (Å²) < 4.78 is 20.4. The number of furan rings is 1. The highest BCUT2D eigenvalue weighted by molar-refractivity contribution is 7.22. The number of aromatic nitrogens is 1. The second kappa shape index (κ2) is 7.44. The Morgan fingerprint density at radius 1 is 1.10 bits per heavy atom. The maximum Gasteiger partial charge on any atom is 0.260 e. The topological polar surface area (TPSA) is 46.3 Å². The van der Waals surface area contributed by atoms with E-state index < -0.39 is 0 Å². The van der Waals surface area contributed by atoms with Gasteiger partial charge in [-0.1, -0.05) is 23.5 Å². The van der Waals surface area contributed by atoms with Crippen LogP contribution in [0.4, 0.5) is 9.52 Å². The van der Waals surface area contributed by atoms with E-state index in [1.54, 1.807) is 23.3 Å². The summed E-state index contributed by atoms with van der Waals surface area (Å²) in [6, 6.07) is 14.4. The second-order valence-corrected chi connectivity index (χ2v) is 8.25. The lowest BCUT2D eigenvalue weighted by Crippen LogP contribution is -2.30. The van der Waals surface area contributed by atoms with Crippen LogP contribution >= 0.6 is 11.3 Å². The van der Waals surface area contributed by atoms with Gasteiger partial charge in [-0.15, -0.1) is 0 Å². The average molecular weight is 406 g/mol. The molecule has 0 atom stereocenters. The Balaban J connectivity index is 1.56. The van der Waals surface area contributed by atoms with Crippen LogP contribution < -0.4 is 4.90 Å². The number of benzene rings is 2. The SMILES string of the molecule is O=C(c1ccc2c(c1)CCCC2)N(Cc1ccco1)c1nc2c(F)cccc2s1. The number of nitrogens with zero attached hydrogens (tertiary/aromatic N) is 2. The molecule has 6 heteroatoms. The molecule has 1 aliphatic rings. The summed E-state index contributed by atoms with van der Waals surface area (Å²) >= 11 is 1.31. The highest BCUT2D eigenvalue weighted by atomic mass is 32.1. The standard InChI is InChI=1S/C23H19FN2O2S/c24-19-8-3-9-20-21(19)25-23(29-20)26(14-18-7-4-12-28-18)22(27)17-11-10-15-5-1-2-6-16(15)13-17/h3-4,7-13H,1-2,5-6,14H2. The Morgan fingerprint density at radius 3 is 2.76 bits per heavy atom. The Bertz CT molecular complexity index is 1180. The Labute approximate surface area is 171 Å². The van der Waals surface area contributed by atoms with Crippen LogP contribution in [0.1, 0.15) is 40.1 Å². The Hall–Kier alpha value is -2.99. The summed E-state index contributed by atoms with van der Waals surface area (Å²) in [6.07, 6.45) is 5.99. The monoisotopic (exact) mass is 406 g/mol. The summed E-state index contributed by atoms with van der Waals surface area (Å²) in [6.45, 7) is 0.240. The number of thiazole rings is 1. The predicted molar refractivity (Wildman–Crippen MR) is 112 cm³/mol. The summed E-state index contributed by atoms with van der Waals surface area (Å²) in [4.78, 5) is 19.5. The molecule has 4 nitrogen and oxygen atoms in total. The van der Waals surface area contributed by atoms with Crippen LogP contribution in [-0.4, -0.2) is 10.9 Å². The Morgan fingerprint density at radius 2 is 1.97 bits per heavy atom. The van der Waals surface area contributed by atoms with Crippen LogP contribution in [0.25, 0.3) is 10.2 Å². The number of anilines is 1. The Kier molecular flexibility index (Phi) is 4.64. The summed E-state index contributed by atoms with van der Waals surface area (Å²) in [5.41, 5.74) is 3.48. The molecule has 0 spiro atoms. The number of fused-ring (bicyclic) bond motifs is 2. The van der Waals surface area contributed by atoms with Crippen LogP contribution in [-0.2, 0) is 19.4 Å². The van der Waals surface area contributed by atoms with Gasteiger partial charge < -0.3 is 4.42 Å². The molecule has 0 saturated carbocycles. The van der Waals surface area contributed by atoms with Gasteiger partial charge in [0.15, 0.2) is 5.13 Å². The average Bonchev–Trinajstić information content (AvgIpc) is 3.41. The number of aryl methyl sites for hydroxylation is 2. The zero-order valence-corrected chi connectivity index (χ0v) is 16.5. The fraction of sp³-hybridized carbons (Fsp3) is 0.217. The van der Waals surface area contributed by atoms with Gasteiger partial charge in [-0.25, -0.2) is 9.37 Å². The molecule has 146 valence electrons. The number of halogens is 1. The molecule has 0 bridgehead atoms. The van der Waals surface area contributed by atoms with Crippen molar-refractivity contribution in [3.8, 4) is 0 Å². The molecule has 5 rings (SSSR count). The lowest BCUT2D eigenvalue weighted by atomic mass is 9.90. The van der Waals surface area contributed by atoms with Crippen LogP contribution in [0.5, 0.6) is 0 Å². The molecule has 0 aliphatic heterocycles. The number of hydrogen-bond acceptors (Lipinski definition) is 4. The van der Waals surface area contributed by atoms with E-state index in [0.29, 0.717) is 21.2 Å². The van der Waals surface area contributed by atoms with E-state index in [0.717, 1.165) is 19.3 Å². The quantitative estimate of drug-likeness (QED) is 0.433. The molecule has 0 N–H and O–H groups in total. The van der Waals surface area contributed by atoms with Crippen LogP contribution in [0.15, 0.2) is 59.2 Å². The van der Waals surface area contributed by atoms with E-state index >= 15 is 0 Å². The lowest BCUT2D eigenvalue weighted by molar-refractivity contribution is 0.0983. The molecule has 0 radical (unpaired) electrons. The molecule has 2 aromatic heterocycles. The first-order chi connectivity index (χ1) is 14.2. The van der Waals surface area contributed by atoms with Crippen molar-refractivity contribution in [2.75, 3.05) is 4.90 Å².